The van der Waals surface area contributed by atoms with Crippen molar-refractivity contribution in [3.05, 3.63) is 58.8 Å². The van der Waals surface area contributed by atoms with Crippen molar-refractivity contribution in [3.63, 3.8) is 0 Å². The molecule has 0 bridgehead atoms. The number of hydrogen-bond donors (Lipinski definition) is 1. The summed E-state index contributed by atoms with van der Waals surface area (Å²) >= 11 is 0. The maximum Gasteiger partial charge on any atom is 0.407 e. The summed E-state index contributed by atoms with van der Waals surface area (Å²) < 4.78 is 82.9. The third-order valence-electron chi connectivity index (χ3n) is 3.39. The van der Waals surface area contributed by atoms with Crippen molar-refractivity contribution >= 4 is 17.3 Å². The van der Waals surface area contributed by atoms with Crippen LogP contribution >= 0.6 is 0 Å². The highest BCUT2D eigenvalue weighted by Gasteiger charge is 2.36. The highest BCUT2D eigenvalue weighted by molar-refractivity contribution is 5.89. The summed E-state index contributed by atoms with van der Waals surface area (Å²) in [5.41, 5.74) is 2.50. The molecule has 0 saturated heterocycles. The van der Waals surface area contributed by atoms with Gasteiger partial charge in [-0.15, -0.1) is 0 Å². The second kappa shape index (κ2) is 7.22. The fourth-order valence-corrected chi connectivity index (χ4v) is 2.28. The molecule has 27 heavy (non-hydrogen) atoms. The Hall–Kier alpha value is -3.16. The summed E-state index contributed by atoms with van der Waals surface area (Å²) in [6, 6.07) is 4.59. The van der Waals surface area contributed by atoms with E-state index in [4.69, 9.17) is 16.7 Å². The zero-order chi connectivity index (χ0) is 20.4. The van der Waals surface area contributed by atoms with E-state index in [0.29, 0.717) is 11.0 Å². The van der Waals surface area contributed by atoms with Crippen molar-refractivity contribution < 1.29 is 35.6 Å². The summed E-state index contributed by atoms with van der Waals surface area (Å²) in [7, 11) is 0. The van der Waals surface area contributed by atoms with Gasteiger partial charge in [-0.2, -0.15) is 26.3 Å². The van der Waals surface area contributed by atoms with Gasteiger partial charge in [-0.25, -0.2) is 4.85 Å². The number of hydrogen-bond acceptors (Lipinski definition) is 3. The minimum absolute atomic E-state index is 0.101. The summed E-state index contributed by atoms with van der Waals surface area (Å²) in [5.74, 6) is -1.34. The Balaban J connectivity index is 2.44. The topological polar surface area (TPSA) is 63.8 Å². The second-order valence-corrected chi connectivity index (χ2v) is 5.41. The van der Waals surface area contributed by atoms with Crippen LogP contribution in [0.4, 0.5) is 37.7 Å². The average molecular weight is 391 g/mol. The molecule has 11 heteroatoms. The van der Waals surface area contributed by atoms with Crippen LogP contribution in [0, 0.1) is 6.57 Å². The number of alkyl halides is 6. The lowest BCUT2D eigenvalue weighted by molar-refractivity contribution is -0.136. The molecule has 2 aromatic rings. The molecular formula is C16H11F6N3O2. The van der Waals surface area contributed by atoms with Crippen LogP contribution in [0.5, 0.6) is 0 Å². The predicted octanol–water partition coefficient (Wildman–Crippen LogP) is 4.52. The quantitative estimate of drug-likeness (QED) is 0.602. The molecule has 2 N–H and O–H groups in total. The molecule has 2 rings (SSSR count). The SMILES string of the molecule is [C-]#[N+]c1ccc(N(Cc2ccc(C(N)=O)o2)CC(F)(F)F)cc1C(F)(F)F. The maximum absolute atomic E-state index is 13.1. The van der Waals surface area contributed by atoms with Crippen molar-refractivity contribution in [2.45, 2.75) is 18.9 Å². The smallest absolute Gasteiger partial charge is 0.407 e. The van der Waals surface area contributed by atoms with Crippen LogP contribution in [0.25, 0.3) is 4.85 Å². The van der Waals surface area contributed by atoms with E-state index in [9.17, 15) is 31.1 Å². The standard InChI is InChI=1S/C16H11F6N3O2/c1-24-12-4-2-9(6-11(12)16(20,21)22)25(8-15(17,18)19)7-10-3-5-13(27-10)14(23)26/h2-6H,7-8H2,(H2,23,26). The van der Waals surface area contributed by atoms with Crippen LogP contribution < -0.4 is 10.6 Å². The summed E-state index contributed by atoms with van der Waals surface area (Å²) in [6.45, 7) is 4.64. The van der Waals surface area contributed by atoms with Gasteiger partial charge in [0.15, 0.2) is 11.4 Å². The number of amides is 1. The molecule has 144 valence electrons. The van der Waals surface area contributed by atoms with Crippen molar-refractivity contribution in [1.29, 1.82) is 0 Å². The first-order valence-electron chi connectivity index (χ1n) is 7.19. The Bertz CT molecular complexity index is 880. The number of carbonyl (C=O) groups is 1. The lowest BCUT2D eigenvalue weighted by Crippen LogP contribution is -2.34. The van der Waals surface area contributed by atoms with E-state index in [2.05, 4.69) is 4.85 Å². The van der Waals surface area contributed by atoms with Crippen molar-refractivity contribution in [3.8, 4) is 0 Å². The van der Waals surface area contributed by atoms with Gasteiger partial charge in [0.1, 0.15) is 12.3 Å². The van der Waals surface area contributed by atoms with Crippen LogP contribution in [0.1, 0.15) is 21.9 Å². The molecule has 1 amide bonds. The van der Waals surface area contributed by atoms with Crippen LogP contribution in [0.3, 0.4) is 0 Å². The molecule has 0 spiro atoms. The molecule has 0 aliphatic heterocycles. The van der Waals surface area contributed by atoms with Crippen LogP contribution in [0.15, 0.2) is 34.7 Å². The minimum Gasteiger partial charge on any atom is -0.454 e. The Morgan fingerprint density at radius 2 is 1.81 bits per heavy atom. The molecule has 1 aromatic carbocycles. The Morgan fingerprint density at radius 3 is 2.30 bits per heavy atom. The first-order chi connectivity index (χ1) is 12.4. The number of halogens is 6. The van der Waals surface area contributed by atoms with E-state index in [1.165, 1.54) is 6.07 Å². The van der Waals surface area contributed by atoms with Gasteiger partial charge in [0.05, 0.1) is 18.7 Å². The molecule has 1 aromatic heterocycles. The number of rotatable bonds is 5. The number of benzene rings is 1. The fourth-order valence-electron chi connectivity index (χ4n) is 2.28. The zero-order valence-corrected chi connectivity index (χ0v) is 13.4. The fraction of sp³-hybridized carbons (Fsp3) is 0.250. The monoisotopic (exact) mass is 391 g/mol. The van der Waals surface area contributed by atoms with Gasteiger partial charge < -0.3 is 15.1 Å². The highest BCUT2D eigenvalue weighted by atomic mass is 19.4. The lowest BCUT2D eigenvalue weighted by atomic mass is 10.1. The number of carbonyl (C=O) groups excluding carboxylic acids is 1. The van der Waals surface area contributed by atoms with E-state index < -0.39 is 48.3 Å². The number of primary amides is 1. The Kier molecular flexibility index (Phi) is 5.39. The van der Waals surface area contributed by atoms with E-state index in [-0.39, 0.29) is 11.5 Å². The van der Waals surface area contributed by atoms with Gasteiger partial charge in [0, 0.05) is 5.69 Å². The molecule has 0 unspecified atom stereocenters. The number of anilines is 1. The Labute approximate surface area is 148 Å². The first-order valence-corrected chi connectivity index (χ1v) is 7.19. The molecule has 0 radical (unpaired) electrons. The largest absolute Gasteiger partial charge is 0.454 e. The first kappa shape index (κ1) is 20.2. The van der Waals surface area contributed by atoms with Gasteiger partial charge in [-0.1, -0.05) is 6.07 Å². The highest BCUT2D eigenvalue weighted by Crippen LogP contribution is 2.39. The molecular weight excluding hydrogens is 380 g/mol. The van der Waals surface area contributed by atoms with Crippen LogP contribution in [-0.4, -0.2) is 18.6 Å². The summed E-state index contributed by atoms with van der Waals surface area (Å²) in [6.07, 6.45) is -9.64. The van der Waals surface area contributed by atoms with E-state index in [1.807, 2.05) is 0 Å². The maximum atomic E-state index is 13.1. The minimum atomic E-state index is -4.91. The molecule has 0 saturated carbocycles. The zero-order valence-electron chi connectivity index (χ0n) is 13.4. The van der Waals surface area contributed by atoms with Gasteiger partial charge >= 0.3 is 12.4 Å². The van der Waals surface area contributed by atoms with Gasteiger partial charge in [-0.3, -0.25) is 4.79 Å². The van der Waals surface area contributed by atoms with E-state index in [0.717, 1.165) is 18.2 Å². The average Bonchev–Trinajstić information content (AvgIpc) is 3.00. The molecule has 0 atom stereocenters. The lowest BCUT2D eigenvalue weighted by Gasteiger charge is -2.26. The van der Waals surface area contributed by atoms with Gasteiger partial charge in [0.2, 0.25) is 0 Å². The van der Waals surface area contributed by atoms with Crippen molar-refractivity contribution in [2.75, 3.05) is 11.4 Å². The molecule has 0 aliphatic carbocycles. The normalized spacial score (nSPS) is 11.9. The second-order valence-electron chi connectivity index (χ2n) is 5.41. The van der Waals surface area contributed by atoms with Crippen molar-refractivity contribution in [2.24, 2.45) is 5.73 Å². The van der Waals surface area contributed by atoms with Crippen LogP contribution in [-0.2, 0) is 12.7 Å². The molecule has 0 fully saturated rings. The molecule has 1 heterocycles. The van der Waals surface area contributed by atoms with Crippen LogP contribution in [0.2, 0.25) is 0 Å². The third kappa shape index (κ3) is 5.16. The molecule has 0 aliphatic rings. The third-order valence-corrected chi connectivity index (χ3v) is 3.39. The number of nitrogens with two attached hydrogens (primary N) is 1. The molecule has 5 nitrogen and oxygen atoms in total. The summed E-state index contributed by atoms with van der Waals surface area (Å²) in [4.78, 5) is 14.3. The number of nitrogens with zero attached hydrogens (tertiary/aromatic N) is 2. The predicted molar refractivity (Wildman–Crippen MR) is 82.0 cm³/mol. The summed E-state index contributed by atoms with van der Waals surface area (Å²) in [5, 5.41) is 0. The van der Waals surface area contributed by atoms with E-state index >= 15 is 0 Å². The van der Waals surface area contributed by atoms with E-state index in [1.54, 1.807) is 0 Å². The van der Waals surface area contributed by atoms with Gasteiger partial charge in [0.25, 0.3) is 5.91 Å². The Morgan fingerprint density at radius 1 is 1.15 bits per heavy atom. The van der Waals surface area contributed by atoms with Crippen molar-refractivity contribution in [1.82, 2.24) is 0 Å². The van der Waals surface area contributed by atoms with Gasteiger partial charge in [-0.05, 0) is 24.3 Å². The number of furan rings is 1.